The second-order valence-electron chi connectivity index (χ2n) is 8.25. The number of benzene rings is 3. The number of hydrogen-bond acceptors (Lipinski definition) is 1. The van der Waals surface area contributed by atoms with E-state index in [1.54, 1.807) is 0 Å². The lowest BCUT2D eigenvalue weighted by atomic mass is 9.99. The van der Waals surface area contributed by atoms with Gasteiger partial charge < -0.3 is 4.57 Å². The number of nitrogens with zero attached hydrogens (tertiary/aromatic N) is 1. The van der Waals surface area contributed by atoms with E-state index in [2.05, 4.69) is 0 Å². The van der Waals surface area contributed by atoms with Gasteiger partial charge in [0.05, 0.1) is 16.8 Å². The maximum absolute atomic E-state index is 15.1. The molecule has 0 amide bonds. The molecule has 0 saturated heterocycles. The van der Waals surface area contributed by atoms with Gasteiger partial charge in [0.15, 0.2) is 78.0 Å². The first-order valence-electron chi connectivity index (χ1n) is 9.45. The highest BCUT2D eigenvalue weighted by Crippen LogP contribution is 2.47. The predicted molar refractivity (Wildman–Crippen MR) is 103 cm³/mol. The quantitative estimate of drug-likeness (QED) is 0.137. The van der Waals surface area contributed by atoms with Crippen molar-refractivity contribution in [1.82, 2.24) is 0 Å². The van der Waals surface area contributed by atoms with Gasteiger partial charge in [-0.15, -0.1) is 0 Å². The molecule has 0 saturated carbocycles. The summed E-state index contributed by atoms with van der Waals surface area (Å²) in [7, 11) is -3.95. The van der Waals surface area contributed by atoms with Crippen LogP contribution in [0.25, 0.3) is 11.1 Å². The summed E-state index contributed by atoms with van der Waals surface area (Å²) in [5.41, 5.74) is -8.29. The van der Waals surface area contributed by atoms with Crippen LogP contribution in [0.3, 0.4) is 0 Å². The summed E-state index contributed by atoms with van der Waals surface area (Å²) in [4.78, 5) is 0. The molecule has 0 aromatic heterocycles. The molecule has 0 aliphatic carbocycles. The molecule has 3 aromatic carbocycles. The lowest BCUT2D eigenvalue weighted by molar-refractivity contribution is 0.380. The third-order valence-corrected chi connectivity index (χ3v) is 6.70. The second kappa shape index (κ2) is 9.01. The first-order valence-corrected chi connectivity index (χ1v) is 12.9. The molecule has 0 unspecified atom stereocenters. The summed E-state index contributed by atoms with van der Waals surface area (Å²) in [6.07, 6.45) is 0. The Labute approximate surface area is 194 Å². The van der Waals surface area contributed by atoms with Crippen molar-refractivity contribution in [3.63, 3.8) is 0 Å². The van der Waals surface area contributed by atoms with Crippen LogP contribution in [0.5, 0.6) is 0 Å². The van der Waals surface area contributed by atoms with E-state index in [9.17, 15) is 52.7 Å². The maximum Gasteiger partial charge on any atom is 0.200 e. The summed E-state index contributed by atoms with van der Waals surface area (Å²) >= 11 is 0. The molecule has 0 heterocycles. The van der Waals surface area contributed by atoms with Gasteiger partial charge in [-0.1, -0.05) is 19.6 Å². The van der Waals surface area contributed by atoms with Crippen LogP contribution in [-0.4, -0.2) is 8.24 Å². The number of halogens is 13. The van der Waals surface area contributed by atoms with E-state index in [0.717, 1.165) is 19.6 Å². The highest BCUT2D eigenvalue weighted by molar-refractivity contribution is 6.81. The molecule has 3 rings (SSSR count). The minimum Gasteiger partial charge on any atom is -0.362 e. The van der Waals surface area contributed by atoms with Gasteiger partial charge in [0.25, 0.3) is 0 Å². The summed E-state index contributed by atoms with van der Waals surface area (Å²) in [5, 5.41) is 0. The van der Waals surface area contributed by atoms with Crippen molar-refractivity contribution in [2.24, 2.45) is 0 Å². The molecule has 3 aromatic rings. The van der Waals surface area contributed by atoms with E-state index in [1.165, 1.54) is 0 Å². The highest BCUT2D eigenvalue weighted by atomic mass is 28.3. The van der Waals surface area contributed by atoms with E-state index in [-0.39, 0.29) is 10.6 Å². The molecule has 0 spiro atoms. The van der Waals surface area contributed by atoms with Crippen LogP contribution in [0.1, 0.15) is 0 Å². The molecule has 0 aliphatic rings. The van der Waals surface area contributed by atoms with Crippen LogP contribution in [-0.2, 0) is 0 Å². The van der Waals surface area contributed by atoms with Crippen molar-refractivity contribution in [1.29, 1.82) is 0 Å². The van der Waals surface area contributed by atoms with E-state index in [4.69, 9.17) is 0 Å². The average Bonchev–Trinajstić information content (AvgIpc) is 2.80. The van der Waals surface area contributed by atoms with Crippen molar-refractivity contribution < 1.29 is 57.1 Å². The first kappa shape index (κ1) is 27.4. The Hall–Kier alpha value is -3.23. The maximum atomic E-state index is 15.1. The molecule has 194 valence electrons. The Morgan fingerprint density at radius 2 is 0.750 bits per heavy atom. The fourth-order valence-electron chi connectivity index (χ4n) is 3.42. The van der Waals surface area contributed by atoms with Gasteiger partial charge in [0, 0.05) is 6.07 Å². The Kier molecular flexibility index (Phi) is 6.85. The van der Waals surface area contributed by atoms with E-state index < -0.39 is 106 Å². The third kappa shape index (κ3) is 3.98. The zero-order chi connectivity index (χ0) is 27.6. The molecular weight excluding hydrogens is 541 g/mol. The molecule has 0 aliphatic heterocycles. The van der Waals surface area contributed by atoms with Gasteiger partial charge in [-0.25, -0.2) is 57.1 Å². The minimum atomic E-state index is -3.95. The largest absolute Gasteiger partial charge is 0.362 e. The van der Waals surface area contributed by atoms with Crippen LogP contribution in [0.2, 0.25) is 19.6 Å². The smallest absolute Gasteiger partial charge is 0.200 e. The molecule has 0 bridgehead atoms. The molecule has 0 N–H and O–H groups in total. The normalized spacial score (nSPS) is 11.9. The Bertz CT molecular complexity index is 1360. The summed E-state index contributed by atoms with van der Waals surface area (Å²) in [6, 6.07) is -0.373. The van der Waals surface area contributed by atoms with Gasteiger partial charge in [0.2, 0.25) is 5.82 Å². The lowest BCUT2D eigenvalue weighted by Gasteiger charge is -2.38. The monoisotopic (exact) mass is 551 g/mol. The summed E-state index contributed by atoms with van der Waals surface area (Å²) in [5.74, 6) is -33.3. The number of hydrogen-bond donors (Lipinski definition) is 0. The molecule has 0 atom stereocenters. The van der Waals surface area contributed by atoms with Crippen LogP contribution in [0, 0.1) is 75.6 Å². The van der Waals surface area contributed by atoms with Crippen molar-refractivity contribution in [3.8, 4) is 11.1 Å². The Balaban J connectivity index is 2.68. The fourth-order valence-corrected chi connectivity index (χ4v) is 5.17. The first-order chi connectivity index (χ1) is 16.4. The van der Waals surface area contributed by atoms with E-state index >= 15 is 4.39 Å². The van der Waals surface area contributed by atoms with Crippen molar-refractivity contribution in [3.05, 3.63) is 81.7 Å². The van der Waals surface area contributed by atoms with Gasteiger partial charge in [-0.2, -0.15) is 0 Å². The standard InChI is InChI=1S/C21H10F13NSi/c1-36(2,3)35(21-18(33)15(30)13(28)16(31)19(21)34)20-8(11(26)12(27)14(29)17(20)32)7-9(24)5(22)4-6(23)10(7)25/h4H,1-3H3. The van der Waals surface area contributed by atoms with E-state index in [0.29, 0.717) is 0 Å². The predicted octanol–water partition coefficient (Wildman–Crippen LogP) is 8.13. The van der Waals surface area contributed by atoms with Gasteiger partial charge in [-0.3, -0.25) is 0 Å². The highest BCUT2D eigenvalue weighted by Gasteiger charge is 2.42. The van der Waals surface area contributed by atoms with Crippen LogP contribution >= 0.6 is 0 Å². The molecule has 0 fully saturated rings. The van der Waals surface area contributed by atoms with Crippen LogP contribution in [0.4, 0.5) is 68.5 Å². The van der Waals surface area contributed by atoms with Gasteiger partial charge >= 0.3 is 0 Å². The van der Waals surface area contributed by atoms with Gasteiger partial charge in [0.1, 0.15) is 5.69 Å². The topological polar surface area (TPSA) is 3.24 Å². The third-order valence-electron chi connectivity index (χ3n) is 4.91. The summed E-state index contributed by atoms with van der Waals surface area (Å²) in [6.45, 7) is 2.98. The Morgan fingerprint density at radius 3 is 1.14 bits per heavy atom. The molecule has 36 heavy (non-hydrogen) atoms. The van der Waals surface area contributed by atoms with Crippen LogP contribution in [0.15, 0.2) is 6.07 Å². The summed E-state index contributed by atoms with van der Waals surface area (Å²) < 4.78 is 186. The fraction of sp³-hybridized carbons (Fsp3) is 0.143. The van der Waals surface area contributed by atoms with Crippen molar-refractivity contribution in [2.75, 3.05) is 4.57 Å². The molecule has 1 nitrogen and oxygen atoms in total. The molecule has 15 heteroatoms. The zero-order valence-electron chi connectivity index (χ0n) is 17.9. The molecule has 0 radical (unpaired) electrons. The number of anilines is 2. The zero-order valence-corrected chi connectivity index (χ0v) is 18.9. The van der Waals surface area contributed by atoms with Crippen LogP contribution < -0.4 is 4.57 Å². The number of rotatable bonds is 4. The average molecular weight is 551 g/mol. The lowest BCUT2D eigenvalue weighted by Crippen LogP contribution is -2.45. The minimum absolute atomic E-state index is 0.179. The Morgan fingerprint density at radius 1 is 0.417 bits per heavy atom. The van der Waals surface area contributed by atoms with Gasteiger partial charge in [-0.05, 0) is 0 Å². The van der Waals surface area contributed by atoms with Crippen molar-refractivity contribution in [2.45, 2.75) is 19.6 Å². The van der Waals surface area contributed by atoms with E-state index in [1.807, 2.05) is 0 Å². The van der Waals surface area contributed by atoms with Crippen molar-refractivity contribution >= 4 is 19.6 Å². The molecular formula is C21H10F13NSi. The second-order valence-corrected chi connectivity index (χ2v) is 13.0. The SMILES string of the molecule is C[Si](C)(C)N(c1c(F)c(F)c(F)c(F)c1F)c1c(F)c(F)c(F)c(F)c1-c1c(F)c(F)cc(F)c1F.